The fourth-order valence-corrected chi connectivity index (χ4v) is 3.31. The Morgan fingerprint density at radius 3 is 2.71 bits per heavy atom. The summed E-state index contributed by atoms with van der Waals surface area (Å²) < 4.78 is 1.24. The van der Waals surface area contributed by atoms with Crippen molar-refractivity contribution >= 4 is 12.0 Å². The number of hydrogen-bond acceptors (Lipinski definition) is 4. The maximum Gasteiger partial charge on any atom is 0.325 e. The van der Waals surface area contributed by atoms with Gasteiger partial charge in [-0.05, 0) is 24.7 Å². The molecule has 1 aliphatic heterocycles. The van der Waals surface area contributed by atoms with Gasteiger partial charge in [0, 0.05) is 13.1 Å². The van der Waals surface area contributed by atoms with Crippen LogP contribution in [0.25, 0.3) is 0 Å². The number of carbonyl (C=O) groups excluding carboxylic acids is 1. The Morgan fingerprint density at radius 1 is 1.33 bits per heavy atom. The summed E-state index contributed by atoms with van der Waals surface area (Å²) in [5.41, 5.74) is 0.559. The summed E-state index contributed by atoms with van der Waals surface area (Å²) in [7, 11) is 0. The van der Waals surface area contributed by atoms with Crippen molar-refractivity contribution in [3.05, 3.63) is 11.9 Å². The third kappa shape index (κ3) is 3.14. The molecule has 1 saturated heterocycles. The van der Waals surface area contributed by atoms with Crippen LogP contribution in [0.5, 0.6) is 0 Å². The van der Waals surface area contributed by atoms with E-state index in [0.717, 1.165) is 13.1 Å². The molecule has 1 aromatic rings. The lowest BCUT2D eigenvalue weighted by Crippen LogP contribution is -2.38. The number of aliphatic carboxylic acids is 1. The average Bonchev–Trinajstić information content (AvgIpc) is 3.09. The summed E-state index contributed by atoms with van der Waals surface area (Å²) in [4.78, 5) is 24.5. The molecule has 8 heteroatoms. The zero-order valence-electron chi connectivity index (χ0n) is 11.7. The van der Waals surface area contributed by atoms with Gasteiger partial charge < -0.3 is 15.3 Å². The SMILES string of the molecule is O=C(O)Cn1cc(CNC(=O)N2CC3CCCC3C2)nn1. The monoisotopic (exact) mass is 293 g/mol. The summed E-state index contributed by atoms with van der Waals surface area (Å²) in [6, 6.07) is -0.0721. The van der Waals surface area contributed by atoms with E-state index in [2.05, 4.69) is 15.6 Å². The maximum atomic E-state index is 12.1. The first-order chi connectivity index (χ1) is 10.1. The molecule has 21 heavy (non-hydrogen) atoms. The highest BCUT2D eigenvalue weighted by molar-refractivity contribution is 5.74. The Labute approximate surface area is 122 Å². The number of aromatic nitrogens is 3. The van der Waals surface area contributed by atoms with Gasteiger partial charge in [-0.25, -0.2) is 9.48 Å². The van der Waals surface area contributed by atoms with Gasteiger partial charge >= 0.3 is 12.0 Å². The number of likely N-dealkylation sites (tertiary alicyclic amines) is 1. The van der Waals surface area contributed by atoms with Gasteiger partial charge in [0.15, 0.2) is 0 Å². The zero-order valence-corrected chi connectivity index (χ0v) is 11.7. The molecule has 1 saturated carbocycles. The zero-order chi connectivity index (χ0) is 14.8. The predicted molar refractivity (Wildman–Crippen MR) is 72.3 cm³/mol. The van der Waals surface area contributed by atoms with E-state index in [9.17, 15) is 9.59 Å². The Hall–Kier alpha value is -2.12. The van der Waals surface area contributed by atoms with Crippen molar-refractivity contribution in [1.82, 2.24) is 25.2 Å². The second-order valence-electron chi connectivity index (χ2n) is 5.82. The summed E-state index contributed by atoms with van der Waals surface area (Å²) in [6.45, 7) is 1.74. The summed E-state index contributed by atoms with van der Waals surface area (Å²) >= 11 is 0. The van der Waals surface area contributed by atoms with Crippen LogP contribution >= 0.6 is 0 Å². The molecule has 2 unspecified atom stereocenters. The number of urea groups is 1. The van der Waals surface area contributed by atoms with Crippen molar-refractivity contribution in [3.63, 3.8) is 0 Å². The molecule has 2 aliphatic rings. The lowest BCUT2D eigenvalue weighted by atomic mass is 10.0. The Balaban J connectivity index is 1.47. The number of nitrogens with one attached hydrogen (secondary N) is 1. The molecule has 114 valence electrons. The number of amides is 2. The van der Waals surface area contributed by atoms with Crippen molar-refractivity contribution in [3.8, 4) is 0 Å². The minimum Gasteiger partial charge on any atom is -0.480 e. The number of carboxylic acids is 1. The van der Waals surface area contributed by atoms with E-state index in [4.69, 9.17) is 5.11 Å². The number of hydrogen-bond donors (Lipinski definition) is 2. The molecule has 8 nitrogen and oxygen atoms in total. The highest BCUT2D eigenvalue weighted by Crippen LogP contribution is 2.37. The van der Waals surface area contributed by atoms with Crippen molar-refractivity contribution in [1.29, 1.82) is 0 Å². The molecule has 2 atom stereocenters. The Kier molecular flexibility index (Phi) is 3.76. The molecule has 1 aliphatic carbocycles. The van der Waals surface area contributed by atoms with Gasteiger partial charge in [-0.15, -0.1) is 5.10 Å². The topological polar surface area (TPSA) is 100 Å². The quantitative estimate of drug-likeness (QED) is 0.832. The minimum atomic E-state index is -0.973. The summed E-state index contributed by atoms with van der Waals surface area (Å²) in [5, 5.41) is 19.0. The predicted octanol–water partition coefficient (Wildman–Crippen LogP) is 0.304. The number of carbonyl (C=O) groups is 2. The smallest absolute Gasteiger partial charge is 0.325 e. The molecule has 0 aromatic carbocycles. The van der Waals surface area contributed by atoms with E-state index in [0.29, 0.717) is 17.5 Å². The number of carboxylic acid groups (broad SMARTS) is 1. The lowest BCUT2D eigenvalue weighted by molar-refractivity contribution is -0.137. The van der Waals surface area contributed by atoms with Crippen LogP contribution < -0.4 is 5.32 Å². The van der Waals surface area contributed by atoms with Gasteiger partial charge in [0.25, 0.3) is 0 Å². The number of rotatable bonds is 4. The molecule has 1 aromatic heterocycles. The molecule has 0 bridgehead atoms. The highest BCUT2D eigenvalue weighted by atomic mass is 16.4. The van der Waals surface area contributed by atoms with Gasteiger partial charge in [0.2, 0.25) is 0 Å². The Morgan fingerprint density at radius 2 is 2.05 bits per heavy atom. The number of fused-ring (bicyclic) bond motifs is 1. The Bertz CT molecular complexity index is 532. The number of nitrogens with zero attached hydrogens (tertiary/aromatic N) is 4. The maximum absolute atomic E-state index is 12.1. The second-order valence-corrected chi connectivity index (χ2v) is 5.82. The standard InChI is InChI=1S/C13H19N5O3/c19-12(20)8-18-7-11(15-16-18)4-14-13(21)17-5-9-2-1-3-10(9)6-17/h7,9-10H,1-6,8H2,(H,14,21)(H,19,20). The van der Waals surface area contributed by atoms with Crippen LogP contribution in [-0.4, -0.2) is 50.1 Å². The van der Waals surface area contributed by atoms with Crippen molar-refractivity contribution in [2.24, 2.45) is 11.8 Å². The van der Waals surface area contributed by atoms with E-state index in [1.165, 1.54) is 30.1 Å². The molecule has 2 fully saturated rings. The van der Waals surface area contributed by atoms with Crippen LogP contribution in [0.15, 0.2) is 6.20 Å². The van der Waals surface area contributed by atoms with Crippen LogP contribution in [0.4, 0.5) is 4.79 Å². The second kappa shape index (κ2) is 5.71. The van der Waals surface area contributed by atoms with Gasteiger partial charge in [0.05, 0.1) is 12.7 Å². The fraction of sp³-hybridized carbons (Fsp3) is 0.692. The third-order valence-electron chi connectivity index (χ3n) is 4.32. The third-order valence-corrected chi connectivity index (χ3v) is 4.32. The first-order valence-electron chi connectivity index (χ1n) is 7.25. The fourth-order valence-electron chi connectivity index (χ4n) is 3.31. The normalized spacial score (nSPS) is 24.1. The summed E-state index contributed by atoms with van der Waals surface area (Å²) in [5.74, 6) is 0.374. The van der Waals surface area contributed by atoms with Crippen molar-refractivity contribution in [2.45, 2.75) is 32.4 Å². The van der Waals surface area contributed by atoms with Crippen LogP contribution in [0.2, 0.25) is 0 Å². The van der Waals surface area contributed by atoms with Gasteiger partial charge in [-0.2, -0.15) is 0 Å². The van der Waals surface area contributed by atoms with Gasteiger partial charge in [-0.1, -0.05) is 11.6 Å². The highest BCUT2D eigenvalue weighted by Gasteiger charge is 2.37. The van der Waals surface area contributed by atoms with Crippen molar-refractivity contribution < 1.29 is 14.7 Å². The molecule has 0 spiro atoms. The molecule has 2 heterocycles. The molecule has 3 rings (SSSR count). The van der Waals surface area contributed by atoms with E-state index >= 15 is 0 Å². The van der Waals surface area contributed by atoms with E-state index < -0.39 is 5.97 Å². The van der Waals surface area contributed by atoms with E-state index in [1.807, 2.05) is 4.90 Å². The van der Waals surface area contributed by atoms with Gasteiger partial charge in [-0.3, -0.25) is 4.79 Å². The van der Waals surface area contributed by atoms with E-state index in [1.54, 1.807) is 0 Å². The van der Waals surface area contributed by atoms with Crippen LogP contribution in [-0.2, 0) is 17.9 Å². The minimum absolute atomic E-state index is 0.0721. The largest absolute Gasteiger partial charge is 0.480 e. The molecule has 0 radical (unpaired) electrons. The van der Waals surface area contributed by atoms with Gasteiger partial charge in [0.1, 0.15) is 12.2 Å². The van der Waals surface area contributed by atoms with Crippen LogP contribution in [0, 0.1) is 11.8 Å². The molecular weight excluding hydrogens is 274 g/mol. The van der Waals surface area contributed by atoms with Crippen molar-refractivity contribution in [2.75, 3.05) is 13.1 Å². The molecule has 2 amide bonds. The first kappa shape index (κ1) is 13.8. The van der Waals surface area contributed by atoms with Crippen LogP contribution in [0.1, 0.15) is 25.0 Å². The van der Waals surface area contributed by atoms with Crippen LogP contribution in [0.3, 0.4) is 0 Å². The van der Waals surface area contributed by atoms with E-state index in [-0.39, 0.29) is 19.1 Å². The molecular formula is C13H19N5O3. The first-order valence-corrected chi connectivity index (χ1v) is 7.25. The lowest BCUT2D eigenvalue weighted by Gasteiger charge is -2.17. The summed E-state index contributed by atoms with van der Waals surface area (Å²) in [6.07, 6.45) is 5.29. The average molecular weight is 293 g/mol. The molecule has 2 N–H and O–H groups in total.